The fourth-order valence-corrected chi connectivity index (χ4v) is 2.50. The first-order valence-electron chi connectivity index (χ1n) is 4.72. The van der Waals surface area contributed by atoms with Gasteiger partial charge >= 0.3 is 0 Å². The molecule has 1 nitrogen and oxygen atoms in total. The first-order chi connectivity index (χ1) is 6.36. The van der Waals surface area contributed by atoms with Gasteiger partial charge in [-0.1, -0.05) is 29.7 Å². The minimum Gasteiger partial charge on any atom is -0.658 e. The first kappa shape index (κ1) is 13.0. The van der Waals surface area contributed by atoms with Gasteiger partial charge in [0.15, 0.2) is 0 Å². The summed E-state index contributed by atoms with van der Waals surface area (Å²) in [7, 11) is 0. The van der Waals surface area contributed by atoms with Crippen molar-refractivity contribution in [3.63, 3.8) is 0 Å². The van der Waals surface area contributed by atoms with Crippen LogP contribution in [0.4, 0.5) is 0 Å². The normalized spacial score (nSPS) is 16.1. The molecule has 0 atom stereocenters. The molecule has 1 aliphatic rings. The summed E-state index contributed by atoms with van der Waals surface area (Å²) in [5, 5.41) is 4.50. The maximum Gasteiger partial charge on any atom is 0.00866 e. The number of benzene rings is 1. The number of hydrogen-bond acceptors (Lipinski definition) is 1. The van der Waals surface area contributed by atoms with Gasteiger partial charge in [0, 0.05) is 49.0 Å². The fraction of sp³-hybridized carbons (Fsp3) is 0.455. The molecule has 0 spiro atoms. The molecule has 1 aromatic carbocycles. The fourth-order valence-electron chi connectivity index (χ4n) is 1.53. The quantitative estimate of drug-likeness (QED) is 0.629. The number of fused-ring (bicyclic) bond motifs is 1. The molecular weight excluding hydrogens is 405 g/mol. The van der Waals surface area contributed by atoms with Crippen LogP contribution in [-0.4, -0.2) is 12.3 Å². The van der Waals surface area contributed by atoms with Crippen molar-refractivity contribution in [2.75, 3.05) is 12.3 Å². The average Bonchev–Trinajstić information content (AvgIpc) is 2.08. The maximum atomic E-state index is 4.50. The van der Waals surface area contributed by atoms with Gasteiger partial charge < -0.3 is 5.32 Å². The van der Waals surface area contributed by atoms with Gasteiger partial charge in [-0.05, 0) is 18.7 Å². The van der Waals surface area contributed by atoms with Crippen LogP contribution in [0.5, 0.6) is 0 Å². The Balaban J connectivity index is 0.000000980. The van der Waals surface area contributed by atoms with E-state index in [2.05, 4.69) is 30.4 Å². The van der Waals surface area contributed by atoms with Crippen molar-refractivity contribution in [2.45, 2.75) is 24.8 Å². The second kappa shape index (κ2) is 6.53. The zero-order chi connectivity index (χ0) is 9.10. The molecule has 0 unspecified atom stereocenters. The molecular formula is C11H14AcNS-. The molecule has 1 aliphatic heterocycles. The largest absolute Gasteiger partial charge is 0.658 e. The van der Waals surface area contributed by atoms with E-state index in [9.17, 15) is 0 Å². The van der Waals surface area contributed by atoms with Crippen LogP contribution in [0.3, 0.4) is 0 Å². The summed E-state index contributed by atoms with van der Waals surface area (Å²) in [6.07, 6.45) is 1.22. The Morgan fingerprint density at radius 2 is 2.21 bits per heavy atom. The Bertz CT molecular complexity index is 301. The Kier molecular flexibility index (Phi) is 6.08. The van der Waals surface area contributed by atoms with Crippen LogP contribution in [0.2, 0.25) is 0 Å². The van der Waals surface area contributed by atoms with Crippen molar-refractivity contribution in [2.24, 2.45) is 0 Å². The monoisotopic (exact) mass is 419 g/mol. The molecule has 2 rings (SSSR count). The Morgan fingerprint density at radius 3 is 3.07 bits per heavy atom. The van der Waals surface area contributed by atoms with E-state index in [1.54, 1.807) is 0 Å². The van der Waals surface area contributed by atoms with E-state index in [-0.39, 0.29) is 44.1 Å². The molecule has 0 aromatic heterocycles. The molecule has 0 amide bonds. The molecule has 3 heteroatoms. The Hall–Kier alpha value is 0.972. The van der Waals surface area contributed by atoms with Gasteiger partial charge in [-0.15, -0.1) is 24.9 Å². The third kappa shape index (κ3) is 3.52. The van der Waals surface area contributed by atoms with Crippen molar-refractivity contribution >= 4 is 11.8 Å². The van der Waals surface area contributed by atoms with E-state index in [1.165, 1.54) is 28.2 Å². The van der Waals surface area contributed by atoms with Gasteiger partial charge in [-0.25, -0.2) is 0 Å². The summed E-state index contributed by atoms with van der Waals surface area (Å²) in [5.74, 6) is 1.21. The zero-order valence-corrected chi connectivity index (χ0v) is 14.1. The molecule has 0 N–H and O–H groups in total. The second-order valence-electron chi connectivity index (χ2n) is 3.42. The average molecular weight is 419 g/mol. The molecule has 14 heavy (non-hydrogen) atoms. The van der Waals surface area contributed by atoms with Crippen LogP contribution in [0, 0.1) is 51.0 Å². The van der Waals surface area contributed by atoms with Crippen molar-refractivity contribution in [3.8, 4) is 0 Å². The number of aryl methyl sites for hydroxylation is 1. The van der Waals surface area contributed by atoms with Crippen molar-refractivity contribution in [1.29, 1.82) is 0 Å². The first-order valence-corrected chi connectivity index (χ1v) is 5.70. The van der Waals surface area contributed by atoms with Crippen LogP contribution >= 0.6 is 11.8 Å². The minimum atomic E-state index is 0. The molecule has 1 aromatic rings. The molecule has 1 heterocycles. The SMILES string of the molecule is Cc1ccc2c(c1)C[N-]CCCS2.[Ac]. The van der Waals surface area contributed by atoms with Crippen LogP contribution in [-0.2, 0) is 6.54 Å². The van der Waals surface area contributed by atoms with Gasteiger partial charge in [0.2, 0.25) is 0 Å². The third-order valence-corrected chi connectivity index (χ3v) is 3.42. The molecule has 0 saturated carbocycles. The molecule has 0 saturated heterocycles. The van der Waals surface area contributed by atoms with Crippen LogP contribution in [0.25, 0.3) is 5.32 Å². The van der Waals surface area contributed by atoms with E-state index in [1.807, 2.05) is 11.8 Å². The Labute approximate surface area is 126 Å². The summed E-state index contributed by atoms with van der Waals surface area (Å²) in [6.45, 7) is 4.08. The zero-order valence-electron chi connectivity index (χ0n) is 8.49. The number of thioether (sulfide) groups is 1. The van der Waals surface area contributed by atoms with E-state index in [0.717, 1.165) is 13.1 Å². The van der Waals surface area contributed by atoms with E-state index < -0.39 is 0 Å². The maximum absolute atomic E-state index is 4.50. The summed E-state index contributed by atoms with van der Waals surface area (Å²) >= 11 is 1.97. The van der Waals surface area contributed by atoms with Gasteiger partial charge in [-0.2, -0.15) is 0 Å². The smallest absolute Gasteiger partial charge is 0.00866 e. The topological polar surface area (TPSA) is 14.1 Å². The van der Waals surface area contributed by atoms with Gasteiger partial charge in [0.05, 0.1) is 0 Å². The van der Waals surface area contributed by atoms with E-state index in [4.69, 9.17) is 0 Å². The van der Waals surface area contributed by atoms with Crippen LogP contribution in [0.15, 0.2) is 23.1 Å². The molecule has 1 radical (unpaired) electrons. The Morgan fingerprint density at radius 1 is 1.36 bits per heavy atom. The number of nitrogens with zero attached hydrogens (tertiary/aromatic N) is 1. The van der Waals surface area contributed by atoms with Crippen LogP contribution in [0.1, 0.15) is 17.5 Å². The third-order valence-electron chi connectivity index (χ3n) is 2.22. The van der Waals surface area contributed by atoms with E-state index in [0.29, 0.717) is 0 Å². The number of rotatable bonds is 0. The predicted octanol–water partition coefficient (Wildman–Crippen LogP) is 3.36. The molecule has 0 bridgehead atoms. The summed E-state index contributed by atoms with van der Waals surface area (Å²) in [5.41, 5.74) is 2.75. The summed E-state index contributed by atoms with van der Waals surface area (Å²) < 4.78 is 0. The van der Waals surface area contributed by atoms with Gasteiger partial charge in [0.25, 0.3) is 0 Å². The molecule has 0 aliphatic carbocycles. The summed E-state index contributed by atoms with van der Waals surface area (Å²) in [4.78, 5) is 1.43. The van der Waals surface area contributed by atoms with Crippen molar-refractivity contribution in [3.05, 3.63) is 34.6 Å². The van der Waals surface area contributed by atoms with Gasteiger partial charge in [-0.3, -0.25) is 0 Å². The van der Waals surface area contributed by atoms with Crippen molar-refractivity contribution in [1.82, 2.24) is 0 Å². The van der Waals surface area contributed by atoms with Crippen LogP contribution < -0.4 is 0 Å². The predicted molar refractivity (Wildman–Crippen MR) is 58.5 cm³/mol. The second-order valence-corrected chi connectivity index (χ2v) is 4.56. The number of hydrogen-bond donors (Lipinski definition) is 0. The molecule has 73 valence electrons. The van der Waals surface area contributed by atoms with E-state index >= 15 is 0 Å². The molecule has 0 fully saturated rings. The van der Waals surface area contributed by atoms with Crippen molar-refractivity contribution < 1.29 is 44.1 Å². The standard InChI is InChI=1S/C11H14NS.Ac/c1-9-3-4-11-10(7-9)8-12-5-2-6-13-11;/h3-4,7H,2,5-6,8H2,1H3;/q-1;. The minimum absolute atomic E-state index is 0. The van der Waals surface area contributed by atoms with Gasteiger partial charge in [0.1, 0.15) is 0 Å². The summed E-state index contributed by atoms with van der Waals surface area (Å²) in [6, 6.07) is 6.68.